The van der Waals surface area contributed by atoms with Crippen molar-refractivity contribution in [1.29, 1.82) is 0 Å². The summed E-state index contributed by atoms with van der Waals surface area (Å²) < 4.78 is 0.958. The summed E-state index contributed by atoms with van der Waals surface area (Å²) in [5.41, 5.74) is 1.76. The van der Waals surface area contributed by atoms with E-state index >= 15 is 0 Å². The molecule has 0 bridgehead atoms. The monoisotopic (exact) mass is 349 g/mol. The molecular weight excluding hydrogens is 342 g/mol. The zero-order chi connectivity index (χ0) is 14.1. The summed E-state index contributed by atoms with van der Waals surface area (Å²) in [6.07, 6.45) is 0. The van der Waals surface area contributed by atoms with Crippen LogP contribution in [0.5, 0.6) is 0 Å². The first-order valence-electron chi connectivity index (χ1n) is 5.84. The van der Waals surface area contributed by atoms with Crippen molar-refractivity contribution in [2.24, 2.45) is 0 Å². The summed E-state index contributed by atoms with van der Waals surface area (Å²) in [5, 5.41) is 4.04. The van der Waals surface area contributed by atoms with E-state index in [1.54, 1.807) is 12.1 Å². The fourth-order valence-corrected chi connectivity index (χ4v) is 2.25. The number of nitrogens with zero attached hydrogens (tertiary/aromatic N) is 1. The minimum atomic E-state index is -0.221. The lowest BCUT2D eigenvalue weighted by atomic mass is 10.3. The molecule has 0 aliphatic heterocycles. The molecule has 0 radical (unpaired) electrons. The van der Waals surface area contributed by atoms with Crippen LogP contribution in [0.3, 0.4) is 0 Å². The van der Waals surface area contributed by atoms with Crippen LogP contribution < -0.4 is 5.32 Å². The molecule has 1 amide bonds. The molecule has 0 unspecified atom stereocenters. The van der Waals surface area contributed by atoms with Crippen molar-refractivity contribution in [3.05, 3.63) is 57.8 Å². The minimum Gasteiger partial charge on any atom is -0.335 e. The SMILES string of the molecule is O=C(Nc1ccc(Br)cc1)c1cc2ccc(Cl)nc2[nH]1. The molecule has 20 heavy (non-hydrogen) atoms. The van der Waals surface area contributed by atoms with E-state index in [9.17, 15) is 4.79 Å². The van der Waals surface area contributed by atoms with Gasteiger partial charge in [-0.05, 0) is 42.5 Å². The number of amides is 1. The minimum absolute atomic E-state index is 0.221. The zero-order valence-electron chi connectivity index (χ0n) is 10.2. The van der Waals surface area contributed by atoms with E-state index in [0.29, 0.717) is 16.5 Å². The van der Waals surface area contributed by atoms with Crippen molar-refractivity contribution < 1.29 is 4.79 Å². The number of carbonyl (C=O) groups is 1. The van der Waals surface area contributed by atoms with Crippen molar-refractivity contribution in [1.82, 2.24) is 9.97 Å². The average Bonchev–Trinajstić information content (AvgIpc) is 2.84. The van der Waals surface area contributed by atoms with Crippen LogP contribution in [0.2, 0.25) is 5.15 Å². The van der Waals surface area contributed by atoms with Crippen LogP contribution in [-0.4, -0.2) is 15.9 Å². The van der Waals surface area contributed by atoms with Gasteiger partial charge >= 0.3 is 0 Å². The molecule has 0 saturated heterocycles. The molecule has 0 saturated carbocycles. The highest BCUT2D eigenvalue weighted by atomic mass is 79.9. The number of fused-ring (bicyclic) bond motifs is 1. The Bertz CT molecular complexity index is 783. The Morgan fingerprint density at radius 1 is 1.20 bits per heavy atom. The van der Waals surface area contributed by atoms with Crippen molar-refractivity contribution in [3.63, 3.8) is 0 Å². The third kappa shape index (κ3) is 2.69. The van der Waals surface area contributed by atoms with Gasteiger partial charge in [-0.15, -0.1) is 0 Å². The van der Waals surface area contributed by atoms with E-state index in [-0.39, 0.29) is 5.91 Å². The fourth-order valence-electron chi connectivity index (χ4n) is 1.84. The van der Waals surface area contributed by atoms with Gasteiger partial charge in [-0.25, -0.2) is 4.98 Å². The molecule has 2 aromatic heterocycles. The second-order valence-corrected chi connectivity index (χ2v) is 5.52. The Hall–Kier alpha value is -1.85. The molecule has 0 aliphatic carbocycles. The largest absolute Gasteiger partial charge is 0.335 e. The van der Waals surface area contributed by atoms with Gasteiger partial charge in [0.15, 0.2) is 0 Å². The van der Waals surface area contributed by atoms with Crippen LogP contribution in [0.1, 0.15) is 10.5 Å². The molecule has 0 aliphatic rings. The maximum absolute atomic E-state index is 12.1. The molecular formula is C14H9BrClN3O. The maximum Gasteiger partial charge on any atom is 0.272 e. The summed E-state index contributed by atoms with van der Waals surface area (Å²) in [4.78, 5) is 19.2. The highest BCUT2D eigenvalue weighted by molar-refractivity contribution is 9.10. The molecule has 100 valence electrons. The molecule has 2 N–H and O–H groups in total. The number of aromatic amines is 1. The van der Waals surface area contributed by atoms with Gasteiger partial charge in [0, 0.05) is 15.5 Å². The van der Waals surface area contributed by atoms with E-state index in [1.807, 2.05) is 30.3 Å². The Morgan fingerprint density at radius 3 is 2.70 bits per heavy atom. The standard InChI is InChI=1S/C14H9BrClN3O/c15-9-2-4-10(5-3-9)17-14(20)11-7-8-1-6-12(16)19-13(8)18-11/h1-7H,(H,17,20)(H,18,19). The fraction of sp³-hybridized carbons (Fsp3) is 0. The second-order valence-electron chi connectivity index (χ2n) is 4.22. The average molecular weight is 351 g/mol. The number of halogens is 2. The first-order chi connectivity index (χ1) is 9.61. The first-order valence-corrected chi connectivity index (χ1v) is 7.01. The third-order valence-corrected chi connectivity index (χ3v) is 3.53. The van der Waals surface area contributed by atoms with Gasteiger partial charge in [0.1, 0.15) is 16.5 Å². The van der Waals surface area contributed by atoms with E-state index < -0.39 is 0 Å². The van der Waals surface area contributed by atoms with Gasteiger partial charge in [0.2, 0.25) is 0 Å². The number of hydrogen-bond acceptors (Lipinski definition) is 2. The molecule has 0 fully saturated rings. The summed E-state index contributed by atoms with van der Waals surface area (Å²) >= 11 is 9.16. The number of carbonyl (C=O) groups excluding carboxylic acids is 1. The maximum atomic E-state index is 12.1. The predicted octanol–water partition coefficient (Wildman–Crippen LogP) is 4.23. The van der Waals surface area contributed by atoms with Crippen LogP contribution in [0.15, 0.2) is 46.9 Å². The topological polar surface area (TPSA) is 57.8 Å². The molecule has 2 heterocycles. The Balaban J connectivity index is 1.86. The van der Waals surface area contributed by atoms with Crippen LogP contribution in [0, 0.1) is 0 Å². The van der Waals surface area contributed by atoms with Gasteiger partial charge in [-0.3, -0.25) is 4.79 Å². The molecule has 1 aromatic carbocycles. The van der Waals surface area contributed by atoms with Crippen LogP contribution in [0.25, 0.3) is 11.0 Å². The van der Waals surface area contributed by atoms with Crippen molar-refractivity contribution in [3.8, 4) is 0 Å². The molecule has 6 heteroatoms. The van der Waals surface area contributed by atoms with Crippen molar-refractivity contribution in [2.75, 3.05) is 5.32 Å². The number of benzene rings is 1. The molecule has 3 rings (SSSR count). The molecule has 4 nitrogen and oxygen atoms in total. The normalized spacial score (nSPS) is 10.7. The number of H-pyrrole nitrogens is 1. The van der Waals surface area contributed by atoms with Gasteiger partial charge in [-0.1, -0.05) is 27.5 Å². The Kier molecular flexibility index (Phi) is 3.46. The number of nitrogens with one attached hydrogen (secondary N) is 2. The number of hydrogen-bond donors (Lipinski definition) is 2. The van der Waals surface area contributed by atoms with Crippen molar-refractivity contribution >= 4 is 50.2 Å². The summed E-state index contributed by atoms with van der Waals surface area (Å²) in [6.45, 7) is 0. The smallest absolute Gasteiger partial charge is 0.272 e. The van der Waals surface area contributed by atoms with Gasteiger partial charge in [0.25, 0.3) is 5.91 Å². The predicted molar refractivity (Wildman–Crippen MR) is 83.2 cm³/mol. The number of rotatable bonds is 2. The van der Waals surface area contributed by atoms with Gasteiger partial charge in [-0.2, -0.15) is 0 Å². The third-order valence-electron chi connectivity index (χ3n) is 2.79. The van der Waals surface area contributed by atoms with E-state index in [1.165, 1.54) is 0 Å². The highest BCUT2D eigenvalue weighted by Gasteiger charge is 2.10. The van der Waals surface area contributed by atoms with Crippen molar-refractivity contribution in [2.45, 2.75) is 0 Å². The van der Waals surface area contributed by atoms with Crippen LogP contribution in [-0.2, 0) is 0 Å². The molecule has 0 atom stereocenters. The zero-order valence-corrected chi connectivity index (χ0v) is 12.5. The highest BCUT2D eigenvalue weighted by Crippen LogP contribution is 2.18. The number of pyridine rings is 1. The quantitative estimate of drug-likeness (QED) is 0.679. The first kappa shape index (κ1) is 13.1. The number of anilines is 1. The number of aromatic nitrogens is 2. The van der Waals surface area contributed by atoms with E-state index in [2.05, 4.69) is 31.2 Å². The van der Waals surface area contributed by atoms with E-state index in [0.717, 1.165) is 15.5 Å². The lowest BCUT2D eigenvalue weighted by Crippen LogP contribution is -2.12. The van der Waals surface area contributed by atoms with E-state index in [4.69, 9.17) is 11.6 Å². The summed E-state index contributed by atoms with van der Waals surface area (Å²) in [6, 6.07) is 12.6. The second kappa shape index (κ2) is 5.26. The van der Waals surface area contributed by atoms with Crippen LogP contribution in [0.4, 0.5) is 5.69 Å². The lowest BCUT2D eigenvalue weighted by Gasteiger charge is -2.03. The Labute approximate surface area is 128 Å². The summed E-state index contributed by atoms with van der Waals surface area (Å²) in [7, 11) is 0. The lowest BCUT2D eigenvalue weighted by molar-refractivity contribution is 0.102. The Morgan fingerprint density at radius 2 is 1.95 bits per heavy atom. The van der Waals surface area contributed by atoms with Gasteiger partial charge in [0.05, 0.1) is 0 Å². The molecule has 3 aromatic rings. The van der Waals surface area contributed by atoms with Gasteiger partial charge < -0.3 is 10.3 Å². The van der Waals surface area contributed by atoms with Crippen LogP contribution >= 0.6 is 27.5 Å². The summed E-state index contributed by atoms with van der Waals surface area (Å²) in [5.74, 6) is -0.221. The molecule has 0 spiro atoms.